The van der Waals surface area contributed by atoms with Crippen molar-refractivity contribution < 1.29 is 68.1 Å². The lowest BCUT2D eigenvalue weighted by Gasteiger charge is -2.16. The van der Waals surface area contributed by atoms with E-state index in [9.17, 15) is 38.4 Å². The lowest BCUT2D eigenvalue weighted by atomic mass is 9.99. The van der Waals surface area contributed by atoms with Crippen LogP contribution in [0.4, 0.5) is 0 Å². The molecule has 2 fully saturated rings. The molecule has 8 rings (SSSR count). The van der Waals surface area contributed by atoms with Crippen molar-refractivity contribution >= 4 is 94.1 Å². The summed E-state index contributed by atoms with van der Waals surface area (Å²) in [4.78, 5) is 105. The molecule has 6 N–H and O–H groups in total. The van der Waals surface area contributed by atoms with E-state index >= 15 is 0 Å². The molecule has 0 aliphatic carbocycles. The van der Waals surface area contributed by atoms with Crippen molar-refractivity contribution in [1.82, 2.24) is 15.4 Å². The average molecular weight is 1290 g/mol. The number of hydroxylamine groups is 4. The van der Waals surface area contributed by atoms with Crippen LogP contribution >= 0.6 is 47.0 Å². The molecule has 476 valence electrons. The Hall–Kier alpha value is -6.96. The zero-order chi connectivity index (χ0) is 63.8. The van der Waals surface area contributed by atoms with Gasteiger partial charge in [0.15, 0.2) is 11.6 Å². The van der Waals surface area contributed by atoms with Gasteiger partial charge in [0.1, 0.15) is 0 Å². The number of aliphatic hydroxyl groups excluding tert-OH is 2. The summed E-state index contributed by atoms with van der Waals surface area (Å²) in [5.41, 5.74) is 11.6. The predicted molar refractivity (Wildman–Crippen MR) is 349 cm³/mol. The summed E-state index contributed by atoms with van der Waals surface area (Å²) in [6.45, 7) is 10.7. The summed E-state index contributed by atoms with van der Waals surface area (Å²) < 4.78 is 9.91. The smallest absolute Gasteiger partial charge is 0.363 e. The number of nitrogens with zero attached hydrogens (tertiary/aromatic N) is 2. The fraction of sp³-hybridized carbons (Fsp3) is 0.343. The standard InChI is InChI=1S/C29H27NO5S2.C29H33NO4S2.C4H5NO3.C4H11NO2.CH4/c1-19-3-11-24(12-4-19)36-17-23(18-37-25-13-5-20(2)6-14-25)28(33)21-7-9-22(10-8-21)29(34)35-30-26(31)15-16-27(30)32;1-21-3-11-26(12-4-21)35-19-25(20-36-27-13-5-22(2)6-14-27)28(32)23-7-9-24(10-8-23)29(33)30-15-17-34-18-16-31;6-3-1-2-4(7)5(3)8;5-1-3-7-4-2-6;/h3-14,23H,15-18H2,1-2H3;3-14,25,31H,15-20H2,1-2H3,(H,30,33);8H,1-2H2;6H,1-5H2;1H4. The van der Waals surface area contributed by atoms with E-state index in [-0.39, 0.29) is 92.9 Å². The van der Waals surface area contributed by atoms with Crippen LogP contribution < -0.4 is 11.1 Å². The predicted octanol–water partition coefficient (Wildman–Crippen LogP) is 10.4. The first kappa shape index (κ1) is 74.5. The van der Waals surface area contributed by atoms with Crippen molar-refractivity contribution in [3.05, 3.63) is 190 Å². The van der Waals surface area contributed by atoms with Crippen molar-refractivity contribution in [2.24, 2.45) is 17.6 Å². The van der Waals surface area contributed by atoms with Crippen molar-refractivity contribution in [2.45, 2.75) is 80.4 Å². The van der Waals surface area contributed by atoms with Crippen LogP contribution in [0, 0.1) is 39.5 Å². The zero-order valence-corrected chi connectivity index (χ0v) is 53.0. The minimum atomic E-state index is -0.816. The number of benzene rings is 6. The fourth-order valence-corrected chi connectivity index (χ4v) is 12.1. The molecule has 0 unspecified atom stereocenters. The van der Waals surface area contributed by atoms with Crippen LogP contribution in [0.1, 0.15) is 96.8 Å². The third-order valence-corrected chi connectivity index (χ3v) is 17.6. The number of carbonyl (C=O) groups is 8. The molecule has 5 amide bonds. The average Bonchev–Trinajstić information content (AvgIpc) is 4.20. The Morgan fingerprint density at radius 3 is 1.10 bits per heavy atom. The summed E-state index contributed by atoms with van der Waals surface area (Å²) in [7, 11) is 0. The molecule has 6 aromatic carbocycles. The van der Waals surface area contributed by atoms with E-state index in [4.69, 9.17) is 35.5 Å². The molecule has 2 aliphatic heterocycles. The zero-order valence-electron chi connectivity index (χ0n) is 49.8. The number of rotatable bonds is 28. The fourth-order valence-electron chi connectivity index (χ4n) is 7.87. The molecular formula is C67H80N4O14S4. The third-order valence-electron chi connectivity index (χ3n) is 12.9. The molecule has 18 nitrogen and oxygen atoms in total. The Labute approximate surface area is 538 Å². The number of thioether (sulfide) groups is 4. The van der Waals surface area contributed by atoms with E-state index in [0.717, 1.165) is 19.6 Å². The number of nitrogens with two attached hydrogens (primary N) is 1. The highest BCUT2D eigenvalue weighted by Gasteiger charge is 2.33. The van der Waals surface area contributed by atoms with Crippen LogP contribution in [0.2, 0.25) is 0 Å². The van der Waals surface area contributed by atoms with Gasteiger partial charge in [-0.25, -0.2) is 4.79 Å². The van der Waals surface area contributed by atoms with Gasteiger partial charge in [0.25, 0.3) is 29.5 Å². The highest BCUT2D eigenvalue weighted by molar-refractivity contribution is 8.00. The molecule has 0 aromatic heterocycles. The van der Waals surface area contributed by atoms with Crippen LogP contribution in [0.25, 0.3) is 0 Å². The highest BCUT2D eigenvalue weighted by atomic mass is 32.2. The van der Waals surface area contributed by atoms with Gasteiger partial charge >= 0.3 is 5.97 Å². The Morgan fingerprint density at radius 2 is 0.787 bits per heavy atom. The maximum absolute atomic E-state index is 13.5. The number of ether oxygens (including phenoxy) is 2. The maximum Gasteiger partial charge on any atom is 0.363 e. The number of Topliss-reactive ketones (excluding diaryl/α,β-unsaturated/α-hetero) is 2. The number of nitrogens with one attached hydrogen (secondary N) is 1. The van der Waals surface area contributed by atoms with Gasteiger partial charge in [-0.05, 0) is 100 Å². The third kappa shape index (κ3) is 26.6. The molecule has 6 aromatic rings. The summed E-state index contributed by atoms with van der Waals surface area (Å²) in [5.74, 6) is -0.891. The van der Waals surface area contributed by atoms with Gasteiger partial charge in [0, 0.05) is 110 Å². The first-order chi connectivity index (χ1) is 42.4. The number of hydrogen-bond acceptors (Lipinski definition) is 19. The lowest BCUT2D eigenvalue weighted by molar-refractivity contribution is -0.173. The second-order valence-electron chi connectivity index (χ2n) is 20.0. The first-order valence-corrected chi connectivity index (χ1v) is 32.4. The van der Waals surface area contributed by atoms with Gasteiger partial charge in [-0.1, -0.05) is 102 Å². The monoisotopic (exact) mass is 1290 g/mol. The van der Waals surface area contributed by atoms with Crippen LogP contribution in [0.3, 0.4) is 0 Å². The van der Waals surface area contributed by atoms with E-state index in [1.807, 2.05) is 13.8 Å². The van der Waals surface area contributed by atoms with Crippen LogP contribution in [-0.4, -0.2) is 148 Å². The van der Waals surface area contributed by atoms with Gasteiger partial charge in [-0.15, -0.1) is 52.1 Å². The number of hydrogen-bond donors (Lipinski definition) is 5. The van der Waals surface area contributed by atoms with Gasteiger partial charge < -0.3 is 35.6 Å². The van der Waals surface area contributed by atoms with Crippen LogP contribution in [0.5, 0.6) is 0 Å². The number of amides is 5. The van der Waals surface area contributed by atoms with Gasteiger partial charge in [-0.3, -0.25) is 38.8 Å². The molecule has 2 saturated heterocycles. The number of imide groups is 2. The molecule has 0 saturated carbocycles. The number of carbonyl (C=O) groups excluding carboxylic acids is 8. The van der Waals surface area contributed by atoms with E-state index in [2.05, 4.69) is 116 Å². The molecule has 89 heavy (non-hydrogen) atoms. The normalized spacial score (nSPS) is 12.6. The quantitative estimate of drug-likeness (QED) is 0.0100. The van der Waals surface area contributed by atoms with Gasteiger partial charge in [0.2, 0.25) is 0 Å². The minimum absolute atomic E-state index is 0. The number of aliphatic hydroxyl groups is 2. The molecule has 2 heterocycles. The minimum Gasteiger partial charge on any atom is -0.394 e. The number of aryl methyl sites for hydroxylation is 4. The molecule has 0 spiro atoms. The second-order valence-corrected chi connectivity index (χ2v) is 24.4. The summed E-state index contributed by atoms with van der Waals surface area (Å²) in [5, 5.41) is 28.7. The highest BCUT2D eigenvalue weighted by Crippen LogP contribution is 2.31. The van der Waals surface area contributed by atoms with E-state index < -0.39 is 29.6 Å². The Balaban J connectivity index is 0.000000305. The van der Waals surface area contributed by atoms with Crippen LogP contribution in [-0.2, 0) is 33.5 Å². The summed E-state index contributed by atoms with van der Waals surface area (Å²) in [6.07, 6.45) is 0.356. The van der Waals surface area contributed by atoms with Crippen molar-refractivity contribution in [3.63, 3.8) is 0 Å². The largest absolute Gasteiger partial charge is 0.394 e. The van der Waals surface area contributed by atoms with Crippen LogP contribution in [0.15, 0.2) is 165 Å². The maximum atomic E-state index is 13.5. The Bertz CT molecular complexity index is 3060. The Kier molecular flexibility index (Phi) is 34.0. The topological polar surface area (TPSA) is 269 Å². The summed E-state index contributed by atoms with van der Waals surface area (Å²) in [6, 6.07) is 46.2. The van der Waals surface area contributed by atoms with E-state index in [1.54, 1.807) is 83.4 Å². The summed E-state index contributed by atoms with van der Waals surface area (Å²) >= 11 is 6.68. The van der Waals surface area contributed by atoms with Crippen molar-refractivity contribution in [1.29, 1.82) is 0 Å². The molecule has 0 atom stereocenters. The van der Waals surface area contributed by atoms with E-state index in [1.165, 1.54) is 34.4 Å². The van der Waals surface area contributed by atoms with Crippen molar-refractivity contribution in [3.8, 4) is 0 Å². The molecular weight excluding hydrogens is 1210 g/mol. The van der Waals surface area contributed by atoms with Gasteiger partial charge in [-0.2, -0.15) is 5.06 Å². The molecule has 22 heteroatoms. The van der Waals surface area contributed by atoms with Crippen molar-refractivity contribution in [2.75, 3.05) is 75.7 Å². The second kappa shape index (κ2) is 40.6. The first-order valence-electron chi connectivity index (χ1n) is 28.4. The molecule has 2 aliphatic rings. The molecule has 0 bridgehead atoms. The SMILES string of the molecule is C.Cc1ccc(SCC(CSc2ccc(C)cc2)C(=O)c2ccc(C(=O)NCCOCCO)cc2)cc1.Cc1ccc(SCC(CSc2ccc(C)cc2)C(=O)c2ccc(C(=O)ON3C(=O)CCC3=O)cc2)cc1.NCCOCCO.O=C1CCC(=O)N1O. The Morgan fingerprint density at radius 1 is 0.472 bits per heavy atom. The lowest BCUT2D eigenvalue weighted by Crippen LogP contribution is -2.32. The van der Waals surface area contributed by atoms with E-state index in [0.29, 0.717) is 77.7 Å². The van der Waals surface area contributed by atoms with Gasteiger partial charge in [0.05, 0.1) is 45.2 Å². The molecule has 0 radical (unpaired) electrons. The number of ketones is 2.